The lowest BCUT2D eigenvalue weighted by molar-refractivity contribution is -0.0174. The van der Waals surface area contributed by atoms with Crippen LogP contribution in [0.25, 0.3) is 0 Å². The number of hydrogen-bond acceptors (Lipinski definition) is 3. The van der Waals surface area contributed by atoms with Crippen molar-refractivity contribution >= 4 is 0 Å². The summed E-state index contributed by atoms with van der Waals surface area (Å²) in [5.41, 5.74) is 0. The number of nitrogens with one attached hydrogen (secondary N) is 1. The Kier molecular flexibility index (Phi) is 5.05. The second-order valence-electron chi connectivity index (χ2n) is 6.06. The van der Waals surface area contributed by atoms with Gasteiger partial charge in [0, 0.05) is 31.8 Å². The average molecular weight is 254 g/mol. The van der Waals surface area contributed by atoms with Crippen LogP contribution in [0.5, 0.6) is 0 Å². The highest BCUT2D eigenvalue weighted by molar-refractivity contribution is 4.95. The van der Waals surface area contributed by atoms with Crippen LogP contribution < -0.4 is 5.32 Å². The molecule has 1 saturated heterocycles. The molecule has 0 radical (unpaired) electrons. The molecule has 1 N–H and O–H groups in total. The van der Waals surface area contributed by atoms with Gasteiger partial charge in [-0.25, -0.2) is 0 Å². The normalized spacial score (nSPS) is 42.3. The van der Waals surface area contributed by atoms with Gasteiger partial charge in [-0.15, -0.1) is 0 Å². The molecule has 0 aromatic carbocycles. The van der Waals surface area contributed by atoms with Crippen molar-refractivity contribution in [2.24, 2.45) is 5.92 Å². The molecule has 1 aliphatic heterocycles. The molecule has 5 unspecified atom stereocenters. The summed E-state index contributed by atoms with van der Waals surface area (Å²) in [6, 6.07) is 2.03. The van der Waals surface area contributed by atoms with Crippen molar-refractivity contribution in [3.05, 3.63) is 0 Å². The molecule has 106 valence electrons. The van der Waals surface area contributed by atoms with E-state index in [4.69, 9.17) is 4.74 Å². The number of likely N-dealkylation sites (tertiary alicyclic amines) is 1. The highest BCUT2D eigenvalue weighted by Gasteiger charge is 2.40. The molecule has 0 spiro atoms. The summed E-state index contributed by atoms with van der Waals surface area (Å²) in [5, 5.41) is 3.64. The number of rotatable bonds is 4. The Hall–Kier alpha value is -0.120. The fourth-order valence-electron chi connectivity index (χ4n) is 3.97. The van der Waals surface area contributed by atoms with Gasteiger partial charge in [0.1, 0.15) is 0 Å². The summed E-state index contributed by atoms with van der Waals surface area (Å²) < 4.78 is 5.68. The van der Waals surface area contributed by atoms with E-state index in [2.05, 4.69) is 31.0 Å². The van der Waals surface area contributed by atoms with Gasteiger partial charge < -0.3 is 10.1 Å². The number of piperidine rings is 1. The topological polar surface area (TPSA) is 24.5 Å². The van der Waals surface area contributed by atoms with E-state index in [1.54, 1.807) is 0 Å². The van der Waals surface area contributed by atoms with Crippen molar-refractivity contribution in [3.8, 4) is 0 Å². The minimum absolute atomic E-state index is 0.468. The molecule has 2 aliphatic rings. The minimum Gasteiger partial charge on any atom is -0.380 e. The molecule has 3 nitrogen and oxygen atoms in total. The second-order valence-corrected chi connectivity index (χ2v) is 6.06. The summed E-state index contributed by atoms with van der Waals surface area (Å²) >= 11 is 0. The van der Waals surface area contributed by atoms with Crippen LogP contribution in [0, 0.1) is 5.92 Å². The van der Waals surface area contributed by atoms with Crippen LogP contribution in [0.15, 0.2) is 0 Å². The number of methoxy groups -OCH3 is 1. The largest absolute Gasteiger partial charge is 0.380 e. The first-order chi connectivity index (χ1) is 8.69. The van der Waals surface area contributed by atoms with Crippen molar-refractivity contribution in [2.75, 3.05) is 20.2 Å². The maximum atomic E-state index is 5.68. The first kappa shape index (κ1) is 14.3. The van der Waals surface area contributed by atoms with Gasteiger partial charge in [0.15, 0.2) is 0 Å². The van der Waals surface area contributed by atoms with E-state index in [0.717, 1.165) is 12.5 Å². The van der Waals surface area contributed by atoms with Crippen molar-refractivity contribution in [1.82, 2.24) is 10.2 Å². The van der Waals surface area contributed by atoms with Crippen LogP contribution in [0.3, 0.4) is 0 Å². The fraction of sp³-hybridized carbons (Fsp3) is 1.00. The Morgan fingerprint density at radius 3 is 2.67 bits per heavy atom. The molecule has 0 aromatic rings. The Labute approximate surface area is 112 Å². The predicted molar refractivity (Wildman–Crippen MR) is 75.8 cm³/mol. The molecule has 1 aliphatic carbocycles. The first-order valence-electron chi connectivity index (χ1n) is 7.71. The molecule has 18 heavy (non-hydrogen) atoms. The van der Waals surface area contributed by atoms with Gasteiger partial charge in [0.25, 0.3) is 0 Å². The van der Waals surface area contributed by atoms with Crippen molar-refractivity contribution in [3.63, 3.8) is 0 Å². The highest BCUT2D eigenvalue weighted by Crippen LogP contribution is 2.33. The first-order valence-corrected chi connectivity index (χ1v) is 7.71. The summed E-state index contributed by atoms with van der Waals surface area (Å²) in [6.07, 6.45) is 5.65. The molecule has 0 bridgehead atoms. The van der Waals surface area contributed by atoms with E-state index in [9.17, 15) is 0 Å². The third-order valence-corrected chi connectivity index (χ3v) is 5.23. The SMILES string of the molecule is CCNC1CCN(C2CCCC2OC)C(C)C1C. The van der Waals surface area contributed by atoms with Gasteiger partial charge in [-0.3, -0.25) is 4.90 Å². The number of hydrogen-bond donors (Lipinski definition) is 1. The molecule has 1 heterocycles. The average Bonchev–Trinajstić information content (AvgIpc) is 2.83. The Balaban J connectivity index is 1.99. The summed E-state index contributed by atoms with van der Waals surface area (Å²) in [5.74, 6) is 0.733. The zero-order valence-electron chi connectivity index (χ0n) is 12.5. The maximum Gasteiger partial charge on any atom is 0.0726 e. The smallest absolute Gasteiger partial charge is 0.0726 e. The van der Waals surface area contributed by atoms with E-state index in [1.807, 2.05) is 7.11 Å². The van der Waals surface area contributed by atoms with E-state index < -0.39 is 0 Å². The summed E-state index contributed by atoms with van der Waals surface area (Å²) in [4.78, 5) is 2.72. The maximum absolute atomic E-state index is 5.68. The van der Waals surface area contributed by atoms with Crippen LogP contribution in [0.4, 0.5) is 0 Å². The van der Waals surface area contributed by atoms with Crippen LogP contribution >= 0.6 is 0 Å². The van der Waals surface area contributed by atoms with Crippen LogP contribution in [-0.2, 0) is 4.74 Å². The molecule has 1 saturated carbocycles. The van der Waals surface area contributed by atoms with E-state index in [1.165, 1.54) is 32.2 Å². The minimum atomic E-state index is 0.468. The third-order valence-electron chi connectivity index (χ3n) is 5.23. The lowest BCUT2D eigenvalue weighted by Crippen LogP contribution is -2.57. The van der Waals surface area contributed by atoms with E-state index >= 15 is 0 Å². The van der Waals surface area contributed by atoms with E-state index in [-0.39, 0.29) is 0 Å². The molecule has 2 fully saturated rings. The lowest BCUT2D eigenvalue weighted by atomic mass is 9.85. The van der Waals surface area contributed by atoms with Crippen LogP contribution in [0.2, 0.25) is 0 Å². The fourth-order valence-corrected chi connectivity index (χ4v) is 3.97. The Bertz CT molecular complexity index is 259. The number of ether oxygens (including phenoxy) is 1. The van der Waals surface area contributed by atoms with Gasteiger partial charge >= 0.3 is 0 Å². The van der Waals surface area contributed by atoms with Gasteiger partial charge in [-0.1, -0.05) is 13.8 Å². The van der Waals surface area contributed by atoms with Crippen molar-refractivity contribution in [1.29, 1.82) is 0 Å². The summed E-state index contributed by atoms with van der Waals surface area (Å²) in [6.45, 7) is 9.33. The van der Waals surface area contributed by atoms with Crippen LogP contribution in [-0.4, -0.2) is 49.3 Å². The molecular formula is C15H30N2O. The molecule has 2 rings (SSSR count). The third kappa shape index (κ3) is 2.73. The molecule has 0 amide bonds. The van der Waals surface area contributed by atoms with Gasteiger partial charge in [-0.05, 0) is 45.1 Å². The van der Waals surface area contributed by atoms with Gasteiger partial charge in [0.05, 0.1) is 6.10 Å². The van der Waals surface area contributed by atoms with E-state index in [0.29, 0.717) is 24.2 Å². The molecule has 3 heteroatoms. The Morgan fingerprint density at radius 2 is 2.00 bits per heavy atom. The van der Waals surface area contributed by atoms with Crippen molar-refractivity contribution < 1.29 is 4.74 Å². The Morgan fingerprint density at radius 1 is 1.22 bits per heavy atom. The lowest BCUT2D eigenvalue weighted by Gasteiger charge is -2.47. The predicted octanol–water partition coefficient (Wildman–Crippen LogP) is 2.26. The second kappa shape index (κ2) is 6.36. The zero-order chi connectivity index (χ0) is 13.1. The molecular weight excluding hydrogens is 224 g/mol. The van der Waals surface area contributed by atoms with Crippen molar-refractivity contribution in [2.45, 2.75) is 70.7 Å². The monoisotopic (exact) mass is 254 g/mol. The molecule has 0 aromatic heterocycles. The quantitative estimate of drug-likeness (QED) is 0.833. The van der Waals surface area contributed by atoms with Gasteiger partial charge in [-0.2, -0.15) is 0 Å². The highest BCUT2D eigenvalue weighted by atomic mass is 16.5. The zero-order valence-corrected chi connectivity index (χ0v) is 12.5. The number of nitrogens with zero attached hydrogens (tertiary/aromatic N) is 1. The van der Waals surface area contributed by atoms with Crippen LogP contribution in [0.1, 0.15) is 46.5 Å². The van der Waals surface area contributed by atoms with Gasteiger partial charge in [0.2, 0.25) is 0 Å². The standard InChI is InChI=1S/C15H30N2O/c1-5-16-13-9-10-17(12(3)11(13)2)14-7-6-8-15(14)18-4/h11-16H,5-10H2,1-4H3. The summed E-state index contributed by atoms with van der Waals surface area (Å²) in [7, 11) is 1.88. The molecule has 5 atom stereocenters.